The number of hydrogen-bond acceptors (Lipinski definition) is 3. The van der Waals surface area contributed by atoms with Gasteiger partial charge in [0.25, 0.3) is 0 Å². The van der Waals surface area contributed by atoms with E-state index in [1.165, 1.54) is 0 Å². The van der Waals surface area contributed by atoms with Crippen molar-refractivity contribution in [3.63, 3.8) is 0 Å². The van der Waals surface area contributed by atoms with Crippen molar-refractivity contribution in [3.8, 4) is 0 Å². The van der Waals surface area contributed by atoms with Crippen molar-refractivity contribution in [2.75, 3.05) is 19.7 Å². The van der Waals surface area contributed by atoms with Crippen LogP contribution in [0.1, 0.15) is 26.0 Å². The third-order valence-corrected chi connectivity index (χ3v) is 4.21. The van der Waals surface area contributed by atoms with E-state index in [1.54, 1.807) is 0 Å². The molecule has 2 aromatic rings. The van der Waals surface area contributed by atoms with Crippen LogP contribution in [0.25, 0.3) is 5.65 Å². The zero-order valence-corrected chi connectivity index (χ0v) is 13.1. The van der Waals surface area contributed by atoms with Gasteiger partial charge >= 0.3 is 6.03 Å². The van der Waals surface area contributed by atoms with Gasteiger partial charge in [-0.1, -0.05) is 13.0 Å². The van der Waals surface area contributed by atoms with Gasteiger partial charge in [-0.2, -0.15) is 0 Å². The molecule has 1 fully saturated rings. The Morgan fingerprint density at radius 2 is 2.36 bits per heavy atom. The average molecular weight is 302 g/mol. The van der Waals surface area contributed by atoms with Crippen molar-refractivity contribution in [3.05, 3.63) is 36.3 Å². The highest BCUT2D eigenvalue weighted by Crippen LogP contribution is 2.20. The van der Waals surface area contributed by atoms with Crippen LogP contribution >= 0.6 is 0 Å². The summed E-state index contributed by atoms with van der Waals surface area (Å²) in [6.07, 6.45) is 4.77. The molecule has 0 spiro atoms. The zero-order valence-electron chi connectivity index (χ0n) is 13.1. The molecule has 3 rings (SSSR count). The van der Waals surface area contributed by atoms with Crippen LogP contribution in [0.5, 0.6) is 0 Å². The number of morpholine rings is 1. The molecule has 1 aliphatic heterocycles. The monoisotopic (exact) mass is 302 g/mol. The maximum atomic E-state index is 12.3. The molecule has 1 atom stereocenters. The fourth-order valence-electron chi connectivity index (χ4n) is 2.67. The molecule has 2 amide bonds. The van der Waals surface area contributed by atoms with E-state index in [4.69, 9.17) is 4.74 Å². The van der Waals surface area contributed by atoms with Gasteiger partial charge in [-0.15, -0.1) is 0 Å². The summed E-state index contributed by atoms with van der Waals surface area (Å²) in [7, 11) is 0. The molecule has 1 aliphatic rings. The predicted octanol–water partition coefficient (Wildman–Crippen LogP) is 2.04. The highest BCUT2D eigenvalue weighted by Gasteiger charge is 2.32. The Morgan fingerprint density at radius 1 is 1.50 bits per heavy atom. The smallest absolute Gasteiger partial charge is 0.317 e. The second kappa shape index (κ2) is 5.96. The highest BCUT2D eigenvalue weighted by atomic mass is 16.5. The molecule has 3 heterocycles. The number of fused-ring (bicyclic) bond motifs is 1. The molecule has 0 radical (unpaired) electrons. The second-order valence-corrected chi connectivity index (χ2v) is 5.93. The molecule has 2 aromatic heterocycles. The number of rotatable bonds is 3. The van der Waals surface area contributed by atoms with Gasteiger partial charge in [0.15, 0.2) is 0 Å². The first-order valence-electron chi connectivity index (χ1n) is 7.69. The van der Waals surface area contributed by atoms with Crippen LogP contribution in [0.4, 0.5) is 4.79 Å². The number of imidazole rings is 1. The van der Waals surface area contributed by atoms with Gasteiger partial charge in [-0.25, -0.2) is 9.78 Å². The Hall–Kier alpha value is -2.08. The van der Waals surface area contributed by atoms with Crippen molar-refractivity contribution in [1.29, 1.82) is 0 Å². The fraction of sp³-hybridized carbons (Fsp3) is 0.500. The standard InChI is InChI=1S/C16H22N4O2/c1-3-16(2)12-20(8-9-22-16)15(21)17-10-13-11-19-7-5-4-6-14(19)18-13/h4-7,11H,3,8-10,12H2,1-2H3,(H,17,21)/t16-/m0/s1. The van der Waals surface area contributed by atoms with E-state index in [2.05, 4.69) is 24.1 Å². The minimum absolute atomic E-state index is 0.0555. The maximum Gasteiger partial charge on any atom is 0.317 e. The summed E-state index contributed by atoms with van der Waals surface area (Å²) in [5, 5.41) is 2.95. The minimum Gasteiger partial charge on any atom is -0.372 e. The summed E-state index contributed by atoms with van der Waals surface area (Å²) in [5.41, 5.74) is 1.50. The van der Waals surface area contributed by atoms with Gasteiger partial charge in [0.05, 0.1) is 31.0 Å². The Balaban J connectivity index is 1.60. The van der Waals surface area contributed by atoms with Crippen LogP contribution in [0.3, 0.4) is 0 Å². The molecule has 1 saturated heterocycles. The summed E-state index contributed by atoms with van der Waals surface area (Å²) in [6, 6.07) is 5.79. The van der Waals surface area contributed by atoms with E-state index in [0.717, 1.165) is 17.8 Å². The van der Waals surface area contributed by atoms with Gasteiger partial charge < -0.3 is 19.4 Å². The third-order valence-electron chi connectivity index (χ3n) is 4.21. The first-order chi connectivity index (χ1) is 10.6. The molecule has 1 N–H and O–H groups in total. The summed E-state index contributed by atoms with van der Waals surface area (Å²) in [5.74, 6) is 0. The Bertz CT molecular complexity index is 636. The Morgan fingerprint density at radius 3 is 3.14 bits per heavy atom. The van der Waals surface area contributed by atoms with Crippen molar-refractivity contribution < 1.29 is 9.53 Å². The molecule has 0 bridgehead atoms. The molecule has 0 saturated carbocycles. The van der Waals surface area contributed by atoms with E-state index in [9.17, 15) is 4.79 Å². The van der Waals surface area contributed by atoms with Crippen LogP contribution in [-0.4, -0.2) is 45.6 Å². The molecule has 0 unspecified atom stereocenters. The lowest BCUT2D eigenvalue weighted by molar-refractivity contribution is -0.0872. The van der Waals surface area contributed by atoms with Crippen LogP contribution < -0.4 is 5.32 Å². The van der Waals surface area contributed by atoms with E-state index >= 15 is 0 Å². The quantitative estimate of drug-likeness (QED) is 0.944. The van der Waals surface area contributed by atoms with E-state index in [1.807, 2.05) is 39.9 Å². The molecule has 6 heteroatoms. The zero-order chi connectivity index (χ0) is 15.6. The number of carbonyl (C=O) groups excluding carboxylic acids is 1. The molecule has 0 aromatic carbocycles. The summed E-state index contributed by atoms with van der Waals surface area (Å²) < 4.78 is 7.71. The van der Waals surface area contributed by atoms with Crippen molar-refractivity contribution in [2.45, 2.75) is 32.4 Å². The number of carbonyl (C=O) groups is 1. The number of urea groups is 1. The fourth-order valence-corrected chi connectivity index (χ4v) is 2.67. The lowest BCUT2D eigenvalue weighted by Gasteiger charge is -2.39. The van der Waals surface area contributed by atoms with Crippen LogP contribution in [0.15, 0.2) is 30.6 Å². The number of hydrogen-bond donors (Lipinski definition) is 1. The average Bonchev–Trinajstić information content (AvgIpc) is 2.95. The first-order valence-corrected chi connectivity index (χ1v) is 7.69. The largest absolute Gasteiger partial charge is 0.372 e. The van der Waals surface area contributed by atoms with Gasteiger partial charge in [0, 0.05) is 18.9 Å². The molecule has 22 heavy (non-hydrogen) atoms. The van der Waals surface area contributed by atoms with Gasteiger partial charge in [-0.3, -0.25) is 0 Å². The predicted molar refractivity (Wildman–Crippen MR) is 83.6 cm³/mol. The summed E-state index contributed by atoms with van der Waals surface area (Å²) in [4.78, 5) is 18.6. The van der Waals surface area contributed by atoms with Gasteiger partial charge in [0.2, 0.25) is 0 Å². The number of amides is 2. The number of aromatic nitrogens is 2. The first kappa shape index (κ1) is 14.8. The SMILES string of the molecule is CC[C@@]1(C)CN(C(=O)NCc2cn3ccccc3n2)CCO1. The minimum atomic E-state index is -0.237. The van der Waals surface area contributed by atoms with E-state index in [0.29, 0.717) is 26.2 Å². The van der Waals surface area contributed by atoms with Crippen molar-refractivity contribution in [1.82, 2.24) is 19.6 Å². The van der Waals surface area contributed by atoms with Gasteiger partial charge in [-0.05, 0) is 25.5 Å². The van der Waals surface area contributed by atoms with Crippen LogP contribution in [0, 0.1) is 0 Å². The van der Waals surface area contributed by atoms with Crippen molar-refractivity contribution in [2.24, 2.45) is 0 Å². The normalized spacial score (nSPS) is 22.0. The number of ether oxygens (including phenoxy) is 1. The van der Waals surface area contributed by atoms with Gasteiger partial charge in [0.1, 0.15) is 5.65 Å². The third kappa shape index (κ3) is 3.06. The topological polar surface area (TPSA) is 58.9 Å². The second-order valence-electron chi connectivity index (χ2n) is 5.93. The van der Waals surface area contributed by atoms with E-state index < -0.39 is 0 Å². The summed E-state index contributed by atoms with van der Waals surface area (Å²) >= 11 is 0. The molecule has 118 valence electrons. The lowest BCUT2D eigenvalue weighted by atomic mass is 10.0. The van der Waals surface area contributed by atoms with Crippen LogP contribution in [0.2, 0.25) is 0 Å². The molecular formula is C16H22N4O2. The summed E-state index contributed by atoms with van der Waals surface area (Å²) in [6.45, 7) is 6.41. The Labute approximate surface area is 130 Å². The highest BCUT2D eigenvalue weighted by molar-refractivity contribution is 5.74. The van der Waals surface area contributed by atoms with E-state index in [-0.39, 0.29) is 11.6 Å². The molecule has 0 aliphatic carbocycles. The Kier molecular flexibility index (Phi) is 4.02. The maximum absolute atomic E-state index is 12.3. The molecule has 6 nitrogen and oxygen atoms in total. The lowest BCUT2D eigenvalue weighted by Crippen LogP contribution is -2.54. The number of nitrogens with zero attached hydrogens (tertiary/aromatic N) is 3. The molecular weight excluding hydrogens is 280 g/mol. The number of nitrogens with one attached hydrogen (secondary N) is 1. The van der Waals surface area contributed by atoms with Crippen LogP contribution in [-0.2, 0) is 11.3 Å². The number of pyridine rings is 1. The van der Waals surface area contributed by atoms with Crippen molar-refractivity contribution >= 4 is 11.7 Å².